The summed E-state index contributed by atoms with van der Waals surface area (Å²) in [7, 11) is -0.0326. The van der Waals surface area contributed by atoms with E-state index in [1.54, 1.807) is 22.9 Å². The second kappa shape index (κ2) is 5.65. The van der Waals surface area contributed by atoms with Crippen molar-refractivity contribution >= 4 is 42.9 Å². The molecule has 0 aromatic carbocycles. The molecule has 2 aromatic heterocycles. The predicted molar refractivity (Wildman–Crippen MR) is 67.8 cm³/mol. The van der Waals surface area contributed by atoms with E-state index in [1.807, 2.05) is 0 Å². The summed E-state index contributed by atoms with van der Waals surface area (Å²) in [5.41, 5.74) is 0. The van der Waals surface area contributed by atoms with E-state index in [0.29, 0.717) is 21.3 Å². The second-order valence-corrected chi connectivity index (χ2v) is 4.84. The molecule has 0 spiro atoms. The minimum Gasteiger partial charge on any atom is -0.527 e. The first-order valence-corrected chi connectivity index (χ1v) is 6.42. The Bertz CT molecular complexity index is 474. The van der Waals surface area contributed by atoms with E-state index >= 15 is 0 Å². The number of rotatable bonds is 6. The number of hydrogen-bond acceptors (Lipinski definition) is 6. The fourth-order valence-electron chi connectivity index (χ4n) is 1.19. The summed E-state index contributed by atoms with van der Waals surface area (Å²) in [6, 6.07) is 3.40. The highest BCUT2D eigenvalue weighted by Crippen LogP contribution is 2.24. The van der Waals surface area contributed by atoms with Crippen LogP contribution in [0.3, 0.4) is 0 Å². The minimum atomic E-state index is -0.0326. The molecule has 4 nitrogen and oxygen atoms in total. The average molecular weight is 266 g/mol. The van der Waals surface area contributed by atoms with Gasteiger partial charge in [-0.05, 0) is 22.9 Å². The van der Waals surface area contributed by atoms with Crippen LogP contribution >= 0.6 is 22.7 Å². The van der Waals surface area contributed by atoms with E-state index < -0.39 is 0 Å². The molecule has 0 N–H and O–H groups in total. The largest absolute Gasteiger partial charge is 0.576 e. The first-order chi connectivity index (χ1) is 8.35. The van der Waals surface area contributed by atoms with Crippen LogP contribution in [-0.4, -0.2) is 20.3 Å². The van der Waals surface area contributed by atoms with Crippen LogP contribution in [0.4, 0.5) is 0 Å². The highest BCUT2D eigenvalue weighted by molar-refractivity contribution is 7.12. The van der Waals surface area contributed by atoms with Gasteiger partial charge in [0.2, 0.25) is 0 Å². The molecule has 0 saturated heterocycles. The predicted octanol–water partition coefficient (Wildman–Crippen LogP) is 2.16. The summed E-state index contributed by atoms with van der Waals surface area (Å²) in [6.07, 6.45) is 1.48. The van der Waals surface area contributed by atoms with E-state index in [2.05, 4.69) is 0 Å². The molecule has 0 radical (unpaired) electrons. The summed E-state index contributed by atoms with van der Waals surface area (Å²) < 4.78 is 10.6. The van der Waals surface area contributed by atoms with Gasteiger partial charge in [0.25, 0.3) is 0 Å². The van der Waals surface area contributed by atoms with Gasteiger partial charge in [-0.25, -0.2) is 0 Å². The Morgan fingerprint density at radius 3 is 1.82 bits per heavy atom. The lowest BCUT2D eigenvalue weighted by Crippen LogP contribution is -2.11. The lowest BCUT2D eigenvalue weighted by atomic mass is 10.3. The molecule has 0 unspecified atom stereocenters. The molecular formula is C10H7BO4S2. The van der Waals surface area contributed by atoms with Gasteiger partial charge >= 0.3 is 7.69 Å². The first-order valence-electron chi connectivity index (χ1n) is 4.66. The van der Waals surface area contributed by atoms with E-state index in [1.165, 1.54) is 22.7 Å². The van der Waals surface area contributed by atoms with Gasteiger partial charge < -0.3 is 9.31 Å². The lowest BCUT2D eigenvalue weighted by Gasteiger charge is -2.05. The third-order valence-electron chi connectivity index (χ3n) is 1.96. The second-order valence-electron chi connectivity index (χ2n) is 2.94. The molecule has 0 saturated carbocycles. The van der Waals surface area contributed by atoms with Gasteiger partial charge in [0, 0.05) is 0 Å². The van der Waals surface area contributed by atoms with Gasteiger partial charge in [-0.15, -0.1) is 22.7 Å². The average Bonchev–Trinajstić information content (AvgIpc) is 2.97. The molecule has 86 valence electrons. The van der Waals surface area contributed by atoms with Gasteiger partial charge in [-0.3, -0.25) is 9.59 Å². The Hall–Kier alpha value is -1.60. The summed E-state index contributed by atoms with van der Waals surface area (Å²) in [4.78, 5) is 22.3. The van der Waals surface area contributed by atoms with Crippen molar-refractivity contribution in [2.45, 2.75) is 0 Å². The highest BCUT2D eigenvalue weighted by Gasteiger charge is 2.08. The summed E-state index contributed by atoms with van der Waals surface area (Å²) in [5.74, 6) is 0.987. The zero-order valence-electron chi connectivity index (χ0n) is 8.62. The van der Waals surface area contributed by atoms with Crippen LogP contribution in [0.2, 0.25) is 0 Å². The van der Waals surface area contributed by atoms with Crippen LogP contribution in [0.15, 0.2) is 22.9 Å². The zero-order chi connectivity index (χ0) is 12.1. The molecule has 0 aliphatic carbocycles. The van der Waals surface area contributed by atoms with Gasteiger partial charge in [-0.2, -0.15) is 0 Å². The monoisotopic (exact) mass is 266 g/mol. The van der Waals surface area contributed by atoms with Crippen LogP contribution in [-0.2, 0) is 0 Å². The molecule has 7 heteroatoms. The van der Waals surface area contributed by atoms with Crippen molar-refractivity contribution < 1.29 is 18.9 Å². The number of carbonyl (C=O) groups is 2. The Labute approximate surface area is 106 Å². The Kier molecular flexibility index (Phi) is 3.95. The van der Waals surface area contributed by atoms with Crippen LogP contribution in [0.25, 0.3) is 0 Å². The third kappa shape index (κ3) is 2.75. The number of thiophene rings is 2. The minimum absolute atomic E-state index is 0.0326. The summed E-state index contributed by atoms with van der Waals surface area (Å²) >= 11 is 2.60. The molecule has 2 heterocycles. The molecule has 0 aliphatic rings. The van der Waals surface area contributed by atoms with Crippen molar-refractivity contribution in [2.75, 3.05) is 0 Å². The molecule has 0 amide bonds. The fraction of sp³-hybridized carbons (Fsp3) is 0. The van der Waals surface area contributed by atoms with Gasteiger partial charge in [0.1, 0.15) is 21.3 Å². The van der Waals surface area contributed by atoms with Gasteiger partial charge in [-0.1, -0.05) is 0 Å². The molecule has 0 bridgehead atoms. The maximum absolute atomic E-state index is 10.6. The topological polar surface area (TPSA) is 52.6 Å². The summed E-state index contributed by atoms with van der Waals surface area (Å²) in [6.45, 7) is 0. The van der Waals surface area contributed by atoms with Gasteiger partial charge in [0.05, 0.1) is 0 Å². The zero-order valence-corrected chi connectivity index (χ0v) is 10.3. The van der Waals surface area contributed by atoms with Crippen LogP contribution in [0, 0.1) is 0 Å². The molecule has 17 heavy (non-hydrogen) atoms. The van der Waals surface area contributed by atoms with Crippen molar-refractivity contribution in [3.63, 3.8) is 0 Å². The SMILES string of the molecule is O=Cc1sccc1OBOc1ccsc1C=O. The van der Waals surface area contributed by atoms with Crippen LogP contribution in [0.1, 0.15) is 19.3 Å². The van der Waals surface area contributed by atoms with E-state index in [9.17, 15) is 9.59 Å². The van der Waals surface area contributed by atoms with Crippen molar-refractivity contribution in [2.24, 2.45) is 0 Å². The highest BCUT2D eigenvalue weighted by atomic mass is 32.1. The molecule has 2 aromatic rings. The fourth-order valence-corrected chi connectivity index (χ4v) is 2.46. The van der Waals surface area contributed by atoms with E-state index in [-0.39, 0.29) is 7.69 Å². The first kappa shape index (κ1) is 11.9. The smallest absolute Gasteiger partial charge is 0.527 e. The number of carbonyl (C=O) groups excluding carboxylic acids is 2. The third-order valence-corrected chi connectivity index (χ3v) is 3.60. The van der Waals surface area contributed by atoms with Gasteiger partial charge in [0.15, 0.2) is 12.6 Å². The molecule has 2 rings (SSSR count). The maximum Gasteiger partial charge on any atom is 0.576 e. The number of aldehydes is 2. The maximum atomic E-state index is 10.6. The van der Waals surface area contributed by atoms with Crippen molar-refractivity contribution in [1.29, 1.82) is 0 Å². The van der Waals surface area contributed by atoms with E-state index in [0.717, 1.165) is 12.6 Å². The van der Waals surface area contributed by atoms with E-state index in [4.69, 9.17) is 9.31 Å². The lowest BCUT2D eigenvalue weighted by molar-refractivity contribution is 0.111. The quantitative estimate of drug-likeness (QED) is 0.594. The number of hydrogen-bond donors (Lipinski definition) is 0. The normalized spacial score (nSPS) is 9.65. The molecule has 0 aliphatic heterocycles. The standard InChI is InChI=1S/C10H7BO4S2/c12-5-9-7(1-3-16-9)14-11-15-8-2-4-17-10(8)6-13/h1-6,11H. The van der Waals surface area contributed by atoms with Crippen molar-refractivity contribution in [3.05, 3.63) is 32.6 Å². The Morgan fingerprint density at radius 2 is 1.41 bits per heavy atom. The van der Waals surface area contributed by atoms with Crippen molar-refractivity contribution in [1.82, 2.24) is 0 Å². The van der Waals surface area contributed by atoms with Crippen molar-refractivity contribution in [3.8, 4) is 11.5 Å². The molecule has 0 fully saturated rings. The summed E-state index contributed by atoms with van der Waals surface area (Å²) in [5, 5.41) is 3.53. The Morgan fingerprint density at radius 1 is 0.941 bits per heavy atom. The van der Waals surface area contributed by atoms with Crippen LogP contribution < -0.4 is 9.31 Å². The molecular weight excluding hydrogens is 259 g/mol. The van der Waals surface area contributed by atoms with Crippen LogP contribution in [0.5, 0.6) is 11.5 Å². The Balaban J connectivity index is 1.92. The molecule has 0 atom stereocenters.